The van der Waals surface area contributed by atoms with Gasteiger partial charge in [-0.2, -0.15) is 0 Å². The highest BCUT2D eigenvalue weighted by Gasteiger charge is 2.11. The van der Waals surface area contributed by atoms with Crippen molar-refractivity contribution in [3.63, 3.8) is 0 Å². The summed E-state index contributed by atoms with van der Waals surface area (Å²) in [6.45, 7) is 5.75. The highest BCUT2D eigenvalue weighted by atomic mass is 16.5. The Morgan fingerprint density at radius 1 is 1.42 bits per heavy atom. The van der Waals surface area contributed by atoms with Crippen molar-refractivity contribution >= 4 is 0 Å². The summed E-state index contributed by atoms with van der Waals surface area (Å²) < 4.78 is 5.38. The predicted octanol–water partition coefficient (Wildman–Crippen LogP) is 0.947. The molecule has 0 saturated carbocycles. The highest BCUT2D eigenvalue weighted by molar-refractivity contribution is 5.06. The lowest BCUT2D eigenvalue weighted by molar-refractivity contribution is 0.122. The number of hydrogen-bond acceptors (Lipinski definition) is 3. The zero-order chi connectivity index (χ0) is 9.19. The van der Waals surface area contributed by atoms with Crippen molar-refractivity contribution in [2.75, 3.05) is 0 Å². The molecule has 0 spiro atoms. The highest BCUT2D eigenvalue weighted by Crippen LogP contribution is 2.11. The van der Waals surface area contributed by atoms with Crippen LogP contribution in [0.3, 0.4) is 0 Å². The number of nitrogens with zero attached hydrogens (tertiary/aromatic N) is 1. The first-order chi connectivity index (χ1) is 5.47. The van der Waals surface area contributed by atoms with Crippen molar-refractivity contribution in [3.8, 4) is 5.88 Å². The van der Waals surface area contributed by atoms with E-state index in [-0.39, 0.29) is 11.2 Å². The molecule has 1 rings (SSSR count). The Kier molecular flexibility index (Phi) is 2.17. The van der Waals surface area contributed by atoms with Gasteiger partial charge in [-0.15, -0.1) is 5.10 Å². The van der Waals surface area contributed by atoms with Crippen LogP contribution >= 0.6 is 0 Å². The third-order valence-electron chi connectivity index (χ3n) is 1.06. The van der Waals surface area contributed by atoms with Gasteiger partial charge in [-0.25, -0.2) is 5.10 Å². The molecule has 4 nitrogen and oxygen atoms in total. The molecule has 0 aliphatic rings. The molecule has 1 heterocycles. The maximum absolute atomic E-state index is 10.6. The number of aromatic nitrogens is 2. The van der Waals surface area contributed by atoms with Crippen LogP contribution in [-0.4, -0.2) is 15.8 Å². The molecule has 0 atom stereocenters. The quantitative estimate of drug-likeness (QED) is 0.679. The first kappa shape index (κ1) is 8.77. The van der Waals surface area contributed by atoms with Gasteiger partial charge in [-0.1, -0.05) is 0 Å². The van der Waals surface area contributed by atoms with Crippen LogP contribution in [-0.2, 0) is 0 Å². The monoisotopic (exact) mass is 168 g/mol. The first-order valence-electron chi connectivity index (χ1n) is 3.72. The van der Waals surface area contributed by atoms with Crippen LogP contribution in [0.4, 0.5) is 0 Å². The van der Waals surface area contributed by atoms with E-state index in [1.807, 2.05) is 20.8 Å². The van der Waals surface area contributed by atoms with Crippen LogP contribution in [0.1, 0.15) is 20.8 Å². The van der Waals surface area contributed by atoms with Gasteiger partial charge in [0.05, 0.1) is 0 Å². The Bertz CT molecular complexity index is 291. The van der Waals surface area contributed by atoms with Crippen LogP contribution in [0.25, 0.3) is 0 Å². The summed E-state index contributed by atoms with van der Waals surface area (Å²) in [7, 11) is 0. The number of rotatable bonds is 1. The van der Waals surface area contributed by atoms with E-state index in [1.54, 1.807) is 6.07 Å². The maximum atomic E-state index is 10.6. The molecule has 1 aromatic heterocycles. The van der Waals surface area contributed by atoms with Gasteiger partial charge in [0.1, 0.15) is 5.60 Å². The number of ether oxygens (including phenoxy) is 1. The summed E-state index contributed by atoms with van der Waals surface area (Å²) in [5.41, 5.74) is -0.512. The van der Waals surface area contributed by atoms with E-state index >= 15 is 0 Å². The molecule has 4 heteroatoms. The van der Waals surface area contributed by atoms with E-state index in [4.69, 9.17) is 4.74 Å². The molecule has 0 unspecified atom stereocenters. The lowest BCUT2D eigenvalue weighted by Crippen LogP contribution is -2.24. The number of aromatic amines is 1. The van der Waals surface area contributed by atoms with Crippen LogP contribution in [0.2, 0.25) is 0 Å². The predicted molar refractivity (Wildman–Crippen MR) is 45.2 cm³/mol. The molecule has 0 aliphatic heterocycles. The standard InChI is InChI=1S/C8H12N2O2/c1-8(2,3)12-7-5-4-6(11)9-10-7/h4-5H,1-3H3,(H,9,11). The number of nitrogens with one attached hydrogen (secondary N) is 1. The SMILES string of the molecule is CC(C)(C)Oc1ccc(=O)[nH]n1. The molecule has 0 bridgehead atoms. The third kappa shape index (κ3) is 2.74. The van der Waals surface area contributed by atoms with Gasteiger partial charge in [0.2, 0.25) is 5.88 Å². The zero-order valence-electron chi connectivity index (χ0n) is 7.42. The lowest BCUT2D eigenvalue weighted by atomic mass is 10.2. The Balaban J connectivity index is 2.78. The molecule has 66 valence electrons. The van der Waals surface area contributed by atoms with Crippen molar-refractivity contribution in [1.82, 2.24) is 10.2 Å². The molecule has 0 amide bonds. The smallest absolute Gasteiger partial charge is 0.264 e. The summed E-state index contributed by atoms with van der Waals surface area (Å²) in [5, 5.41) is 6.00. The summed E-state index contributed by atoms with van der Waals surface area (Å²) >= 11 is 0. The van der Waals surface area contributed by atoms with E-state index in [1.165, 1.54) is 6.07 Å². The van der Waals surface area contributed by atoms with E-state index in [0.717, 1.165) is 0 Å². The normalized spacial score (nSPS) is 11.2. The van der Waals surface area contributed by atoms with Crippen LogP contribution in [0.5, 0.6) is 5.88 Å². The van der Waals surface area contributed by atoms with Gasteiger partial charge in [0, 0.05) is 12.1 Å². The topological polar surface area (TPSA) is 55.0 Å². The molecule has 12 heavy (non-hydrogen) atoms. The number of hydrogen-bond donors (Lipinski definition) is 1. The summed E-state index contributed by atoms with van der Waals surface area (Å²) in [4.78, 5) is 10.6. The Morgan fingerprint density at radius 3 is 2.50 bits per heavy atom. The molecular weight excluding hydrogens is 156 g/mol. The maximum Gasteiger partial charge on any atom is 0.264 e. The molecule has 0 aliphatic carbocycles. The average Bonchev–Trinajstić information content (AvgIpc) is 1.91. The fourth-order valence-electron chi connectivity index (χ4n) is 0.702. The second kappa shape index (κ2) is 2.97. The van der Waals surface area contributed by atoms with E-state index in [9.17, 15) is 4.79 Å². The van der Waals surface area contributed by atoms with Gasteiger partial charge < -0.3 is 4.74 Å². The van der Waals surface area contributed by atoms with E-state index < -0.39 is 0 Å². The largest absolute Gasteiger partial charge is 0.471 e. The fourth-order valence-corrected chi connectivity index (χ4v) is 0.702. The van der Waals surface area contributed by atoms with E-state index in [2.05, 4.69) is 10.2 Å². The Hall–Kier alpha value is -1.32. The van der Waals surface area contributed by atoms with Crippen LogP contribution in [0, 0.1) is 0 Å². The van der Waals surface area contributed by atoms with Gasteiger partial charge in [0.15, 0.2) is 0 Å². The second-order valence-corrected chi connectivity index (χ2v) is 3.47. The molecule has 1 N–H and O–H groups in total. The molecular formula is C8H12N2O2. The van der Waals surface area contributed by atoms with Crippen LogP contribution < -0.4 is 10.3 Å². The molecule has 0 saturated heterocycles. The lowest BCUT2D eigenvalue weighted by Gasteiger charge is -2.19. The Morgan fingerprint density at radius 2 is 2.08 bits per heavy atom. The van der Waals surface area contributed by atoms with Crippen molar-refractivity contribution < 1.29 is 4.74 Å². The molecule has 0 radical (unpaired) electrons. The van der Waals surface area contributed by atoms with E-state index in [0.29, 0.717) is 5.88 Å². The molecule has 0 fully saturated rings. The zero-order valence-corrected chi connectivity index (χ0v) is 7.42. The minimum atomic E-state index is -0.286. The van der Waals surface area contributed by atoms with Crippen molar-refractivity contribution in [1.29, 1.82) is 0 Å². The Labute approximate surface area is 70.6 Å². The van der Waals surface area contributed by atoms with Gasteiger partial charge in [-0.3, -0.25) is 4.79 Å². The van der Waals surface area contributed by atoms with Gasteiger partial charge >= 0.3 is 0 Å². The van der Waals surface area contributed by atoms with Crippen LogP contribution in [0.15, 0.2) is 16.9 Å². The van der Waals surface area contributed by atoms with Crippen molar-refractivity contribution in [2.24, 2.45) is 0 Å². The molecule has 0 aromatic carbocycles. The average molecular weight is 168 g/mol. The summed E-state index contributed by atoms with van der Waals surface area (Å²) in [6, 6.07) is 2.93. The molecule has 1 aromatic rings. The summed E-state index contributed by atoms with van der Waals surface area (Å²) in [5.74, 6) is 0.433. The van der Waals surface area contributed by atoms with Crippen molar-refractivity contribution in [2.45, 2.75) is 26.4 Å². The third-order valence-corrected chi connectivity index (χ3v) is 1.06. The van der Waals surface area contributed by atoms with Gasteiger partial charge in [0.25, 0.3) is 5.56 Å². The fraction of sp³-hybridized carbons (Fsp3) is 0.500. The minimum absolute atomic E-state index is 0.226. The summed E-state index contributed by atoms with van der Waals surface area (Å²) in [6.07, 6.45) is 0. The second-order valence-electron chi connectivity index (χ2n) is 3.47. The minimum Gasteiger partial charge on any atom is -0.471 e. The first-order valence-corrected chi connectivity index (χ1v) is 3.72. The van der Waals surface area contributed by atoms with Crippen molar-refractivity contribution in [3.05, 3.63) is 22.5 Å². The van der Waals surface area contributed by atoms with Gasteiger partial charge in [-0.05, 0) is 20.8 Å². The number of H-pyrrole nitrogens is 1.